The van der Waals surface area contributed by atoms with Gasteiger partial charge in [0.25, 0.3) is 0 Å². The zero-order valence-corrected chi connectivity index (χ0v) is 9.86. The zero-order valence-electron chi connectivity index (χ0n) is 9.86. The summed E-state index contributed by atoms with van der Waals surface area (Å²) in [4.78, 5) is 47.1. The number of hydrogen-bond donors (Lipinski definition) is 0. The van der Waals surface area contributed by atoms with E-state index >= 15 is 0 Å². The van der Waals surface area contributed by atoms with E-state index in [-0.39, 0.29) is 21.5 Å². The zero-order chi connectivity index (χ0) is 13.8. The van der Waals surface area contributed by atoms with Gasteiger partial charge in [-0.25, -0.2) is 19.2 Å². The molecule has 3 aromatic rings. The van der Waals surface area contributed by atoms with Crippen LogP contribution in [0.5, 0.6) is 0 Å². The van der Waals surface area contributed by atoms with Crippen molar-refractivity contribution in [1.82, 2.24) is 0 Å². The summed E-state index contributed by atoms with van der Waals surface area (Å²) < 4.78 is 9.30. The number of rotatable bonds is 0. The molecule has 0 amide bonds. The highest BCUT2D eigenvalue weighted by Gasteiger charge is 2.36. The summed E-state index contributed by atoms with van der Waals surface area (Å²) in [6.07, 6.45) is 0.811. The van der Waals surface area contributed by atoms with Gasteiger partial charge < -0.3 is 8.83 Å². The highest BCUT2D eigenvalue weighted by Crippen LogP contribution is 2.42. The summed E-state index contributed by atoms with van der Waals surface area (Å²) in [6.45, 7) is 0. The third-order valence-corrected chi connectivity index (χ3v) is 4.08. The van der Waals surface area contributed by atoms with Gasteiger partial charge >= 0.3 is 22.5 Å². The van der Waals surface area contributed by atoms with E-state index < -0.39 is 22.5 Å². The molecule has 96 valence electrons. The van der Waals surface area contributed by atoms with E-state index in [0.717, 1.165) is 0 Å². The minimum atomic E-state index is -0.671. The molecule has 1 aromatic carbocycles. The van der Waals surface area contributed by atoms with Gasteiger partial charge in [0, 0.05) is 0 Å². The SMILES string of the molecule is O=c1oc(=O)c2c3c(c4c(=O)oc(=O)c4c4c(c12)C4)C3. The van der Waals surface area contributed by atoms with Crippen LogP contribution in [0, 0.1) is 0 Å². The fraction of sp³-hybridized carbons (Fsp3) is 0.143. The molecule has 0 atom stereocenters. The average Bonchev–Trinajstić information content (AvgIpc) is 3.23. The standard InChI is InChI=1S/C14H4O6/c15-11-7-3-1-4(3)8-10(14(18)20-12(8)16)6-2-5(6)9(7)13(17)19-11/h1-2H2. The molecular formula is C14H4O6. The van der Waals surface area contributed by atoms with Crippen molar-refractivity contribution in [2.24, 2.45) is 0 Å². The molecule has 0 fully saturated rings. The molecular weight excluding hydrogens is 264 g/mol. The minimum absolute atomic E-state index is 0.258. The van der Waals surface area contributed by atoms with Crippen LogP contribution in [0.1, 0.15) is 22.3 Å². The summed E-state index contributed by atoms with van der Waals surface area (Å²) in [6, 6.07) is 0. The Balaban J connectivity index is 2.28. The lowest BCUT2D eigenvalue weighted by molar-refractivity contribution is 0.499. The molecule has 2 aromatic heterocycles. The molecule has 6 nitrogen and oxygen atoms in total. The summed E-state index contributed by atoms with van der Waals surface area (Å²) in [5.74, 6) is 0. The molecule has 20 heavy (non-hydrogen) atoms. The Hall–Kier alpha value is -2.76. The summed E-state index contributed by atoms with van der Waals surface area (Å²) in [7, 11) is 0. The van der Waals surface area contributed by atoms with Crippen molar-refractivity contribution < 1.29 is 8.83 Å². The van der Waals surface area contributed by atoms with Crippen LogP contribution < -0.4 is 22.5 Å². The topological polar surface area (TPSA) is 94.6 Å². The molecule has 0 radical (unpaired) electrons. The molecule has 0 aliphatic heterocycles. The summed E-state index contributed by atoms with van der Waals surface area (Å²) in [5.41, 5.74) is -0.208. The second kappa shape index (κ2) is 2.72. The third kappa shape index (κ3) is 0.943. The van der Waals surface area contributed by atoms with Gasteiger partial charge in [-0.15, -0.1) is 0 Å². The lowest BCUT2D eigenvalue weighted by Crippen LogP contribution is -1.95. The van der Waals surface area contributed by atoms with Crippen LogP contribution in [0.2, 0.25) is 0 Å². The molecule has 2 aliphatic carbocycles. The first-order chi connectivity index (χ1) is 9.58. The lowest BCUT2D eigenvalue weighted by Gasteiger charge is -1.80. The Kier molecular flexibility index (Phi) is 1.37. The molecule has 2 aliphatic rings. The van der Waals surface area contributed by atoms with E-state index in [2.05, 4.69) is 8.83 Å². The highest BCUT2D eigenvalue weighted by molar-refractivity contribution is 6.03. The van der Waals surface area contributed by atoms with Crippen molar-refractivity contribution in [2.45, 2.75) is 12.8 Å². The van der Waals surface area contributed by atoms with Crippen LogP contribution in [0.25, 0.3) is 21.5 Å². The van der Waals surface area contributed by atoms with E-state index in [1.165, 1.54) is 0 Å². The third-order valence-electron chi connectivity index (χ3n) is 4.08. The van der Waals surface area contributed by atoms with E-state index in [4.69, 9.17) is 0 Å². The minimum Gasteiger partial charge on any atom is -0.386 e. The first kappa shape index (κ1) is 10.1. The van der Waals surface area contributed by atoms with Gasteiger partial charge in [-0.1, -0.05) is 0 Å². The Morgan fingerprint density at radius 1 is 0.500 bits per heavy atom. The van der Waals surface area contributed by atoms with Gasteiger partial charge in [0.15, 0.2) is 0 Å². The monoisotopic (exact) mass is 268 g/mol. The van der Waals surface area contributed by atoms with Gasteiger partial charge in [0.2, 0.25) is 0 Å². The van der Waals surface area contributed by atoms with Crippen LogP contribution >= 0.6 is 0 Å². The number of fused-ring (bicyclic) bond motifs is 8. The van der Waals surface area contributed by atoms with E-state index in [9.17, 15) is 19.2 Å². The van der Waals surface area contributed by atoms with Crippen molar-refractivity contribution in [3.8, 4) is 0 Å². The molecule has 0 saturated heterocycles. The van der Waals surface area contributed by atoms with Gasteiger partial charge in [-0.05, 0) is 35.1 Å². The Morgan fingerprint density at radius 2 is 0.750 bits per heavy atom. The van der Waals surface area contributed by atoms with Crippen LogP contribution in [0.3, 0.4) is 0 Å². The van der Waals surface area contributed by atoms with E-state index in [1.54, 1.807) is 0 Å². The van der Waals surface area contributed by atoms with E-state index in [1.807, 2.05) is 0 Å². The first-order valence-electron chi connectivity index (χ1n) is 6.05. The van der Waals surface area contributed by atoms with Crippen molar-refractivity contribution >= 4 is 21.5 Å². The molecule has 0 spiro atoms. The first-order valence-corrected chi connectivity index (χ1v) is 6.05. The maximum absolute atomic E-state index is 11.8. The van der Waals surface area contributed by atoms with Crippen LogP contribution in [0.4, 0.5) is 0 Å². The van der Waals surface area contributed by atoms with Gasteiger partial charge in [-0.2, -0.15) is 0 Å². The molecule has 2 heterocycles. The van der Waals surface area contributed by atoms with Crippen molar-refractivity contribution in [3.05, 3.63) is 63.9 Å². The largest absolute Gasteiger partial charge is 0.386 e. The van der Waals surface area contributed by atoms with Gasteiger partial charge in [0.05, 0.1) is 21.5 Å². The van der Waals surface area contributed by atoms with Crippen molar-refractivity contribution in [2.75, 3.05) is 0 Å². The van der Waals surface area contributed by atoms with Gasteiger partial charge in [0.1, 0.15) is 0 Å². The fourth-order valence-electron chi connectivity index (χ4n) is 3.10. The second-order valence-corrected chi connectivity index (χ2v) is 5.12. The molecule has 0 unspecified atom stereocenters. The van der Waals surface area contributed by atoms with Crippen LogP contribution in [-0.2, 0) is 12.8 Å². The normalized spacial score (nSPS) is 14.4. The maximum Gasteiger partial charge on any atom is 0.347 e. The summed E-state index contributed by atoms with van der Waals surface area (Å²) in [5, 5.41) is 1.03. The molecule has 6 heteroatoms. The summed E-state index contributed by atoms with van der Waals surface area (Å²) >= 11 is 0. The maximum atomic E-state index is 11.8. The highest BCUT2D eigenvalue weighted by atomic mass is 16.4. The Labute approximate surface area is 108 Å². The fourth-order valence-corrected chi connectivity index (χ4v) is 3.10. The van der Waals surface area contributed by atoms with Crippen LogP contribution in [-0.4, -0.2) is 0 Å². The molecule has 0 saturated carbocycles. The van der Waals surface area contributed by atoms with E-state index in [0.29, 0.717) is 35.1 Å². The van der Waals surface area contributed by atoms with Crippen molar-refractivity contribution in [1.29, 1.82) is 0 Å². The quantitative estimate of drug-likeness (QED) is 0.388. The second-order valence-electron chi connectivity index (χ2n) is 5.12. The predicted molar refractivity (Wildman–Crippen MR) is 67.9 cm³/mol. The number of furan rings is 2. The molecule has 5 rings (SSSR count). The smallest absolute Gasteiger partial charge is 0.347 e. The Morgan fingerprint density at radius 3 is 1.00 bits per heavy atom. The van der Waals surface area contributed by atoms with Gasteiger partial charge in [-0.3, -0.25) is 0 Å². The average molecular weight is 268 g/mol. The predicted octanol–water partition coefficient (Wildman–Crippen LogP) is -0.134. The van der Waals surface area contributed by atoms with Crippen molar-refractivity contribution in [3.63, 3.8) is 0 Å². The van der Waals surface area contributed by atoms with Crippen LogP contribution in [0.15, 0.2) is 28.0 Å². The lowest BCUT2D eigenvalue weighted by atomic mass is 10.2. The molecule has 0 N–H and O–H groups in total. The number of hydrogen-bond acceptors (Lipinski definition) is 6. The molecule has 0 bridgehead atoms. The Bertz CT molecular complexity index is 1020.